The number of allylic oxidation sites excluding steroid dienone is 3. The van der Waals surface area contributed by atoms with Crippen molar-refractivity contribution in [2.24, 2.45) is 0 Å². The maximum atomic E-state index is 11.7. The molecule has 0 rings (SSSR count). The molecule has 0 atom stereocenters. The van der Waals surface area contributed by atoms with Crippen LogP contribution in [-0.2, 0) is 9.53 Å². The van der Waals surface area contributed by atoms with Crippen molar-refractivity contribution in [3.8, 4) is 0 Å². The van der Waals surface area contributed by atoms with Gasteiger partial charge in [0.15, 0.2) is 0 Å². The molecule has 0 saturated carbocycles. The molecule has 0 aliphatic heterocycles. The Labute approximate surface area is 182 Å². The zero-order valence-electron chi connectivity index (χ0n) is 19.8. The zero-order chi connectivity index (χ0) is 21.4. The molecular weight excluding hydrogens is 356 g/mol. The van der Waals surface area contributed by atoms with E-state index in [0.29, 0.717) is 13.0 Å². The molecule has 0 fully saturated rings. The lowest BCUT2D eigenvalue weighted by Crippen LogP contribution is -2.05. The van der Waals surface area contributed by atoms with E-state index < -0.39 is 0 Å². The first-order chi connectivity index (χ1) is 14.2. The van der Waals surface area contributed by atoms with Gasteiger partial charge in [0, 0.05) is 6.42 Å². The highest BCUT2D eigenvalue weighted by Crippen LogP contribution is 2.12. The van der Waals surface area contributed by atoms with Crippen molar-refractivity contribution in [2.75, 3.05) is 6.61 Å². The molecule has 0 aliphatic rings. The Balaban J connectivity index is 3.26. The Morgan fingerprint density at radius 3 is 1.83 bits per heavy atom. The number of esters is 1. The Morgan fingerprint density at radius 2 is 1.21 bits per heavy atom. The number of hydrogen-bond acceptors (Lipinski definition) is 2. The van der Waals surface area contributed by atoms with E-state index in [1.54, 1.807) is 0 Å². The Morgan fingerprint density at radius 1 is 0.655 bits per heavy atom. The molecule has 0 N–H and O–H groups in total. The van der Waals surface area contributed by atoms with E-state index in [2.05, 4.69) is 32.6 Å². The third-order valence-corrected chi connectivity index (χ3v) is 5.43. The molecular formula is C27H50O2. The average molecular weight is 407 g/mol. The number of rotatable bonds is 22. The van der Waals surface area contributed by atoms with Crippen LogP contribution in [0.5, 0.6) is 0 Å². The monoisotopic (exact) mass is 406 g/mol. The summed E-state index contributed by atoms with van der Waals surface area (Å²) in [6.07, 6.45) is 27.4. The summed E-state index contributed by atoms with van der Waals surface area (Å²) in [7, 11) is 0. The first-order valence-electron chi connectivity index (χ1n) is 12.7. The van der Waals surface area contributed by atoms with Gasteiger partial charge in [0.05, 0.1) is 6.61 Å². The van der Waals surface area contributed by atoms with E-state index in [0.717, 1.165) is 38.5 Å². The summed E-state index contributed by atoms with van der Waals surface area (Å²) < 4.78 is 5.33. The van der Waals surface area contributed by atoms with Gasteiger partial charge >= 0.3 is 5.97 Å². The van der Waals surface area contributed by atoms with Gasteiger partial charge in [0.2, 0.25) is 0 Å². The molecule has 2 nitrogen and oxygen atoms in total. The number of carbonyl (C=O) groups is 1. The van der Waals surface area contributed by atoms with Crippen molar-refractivity contribution >= 4 is 5.97 Å². The van der Waals surface area contributed by atoms with Crippen molar-refractivity contribution < 1.29 is 9.53 Å². The molecule has 2 heteroatoms. The third-order valence-electron chi connectivity index (χ3n) is 5.43. The van der Waals surface area contributed by atoms with Crippen LogP contribution in [0.3, 0.4) is 0 Å². The molecule has 0 amide bonds. The minimum Gasteiger partial charge on any atom is -0.466 e. The Kier molecular flexibility index (Phi) is 22.4. The molecule has 170 valence electrons. The Hall–Kier alpha value is -1.05. The van der Waals surface area contributed by atoms with E-state index in [9.17, 15) is 4.79 Å². The summed E-state index contributed by atoms with van der Waals surface area (Å²) in [6.45, 7) is 9.10. The summed E-state index contributed by atoms with van der Waals surface area (Å²) in [6, 6.07) is 0. The number of unbranched alkanes of at least 4 members (excludes halogenated alkanes) is 12. The van der Waals surface area contributed by atoms with Crippen LogP contribution in [0, 0.1) is 0 Å². The lowest BCUT2D eigenvalue weighted by atomic mass is 10.1. The quantitative estimate of drug-likeness (QED) is 0.102. The van der Waals surface area contributed by atoms with E-state index >= 15 is 0 Å². The smallest absolute Gasteiger partial charge is 0.305 e. The fourth-order valence-corrected chi connectivity index (χ4v) is 3.55. The second-order valence-electron chi connectivity index (χ2n) is 8.51. The number of carbonyl (C=O) groups excluding carboxylic acids is 1. The van der Waals surface area contributed by atoms with E-state index in [1.165, 1.54) is 82.6 Å². The second kappa shape index (κ2) is 23.2. The standard InChI is InChI=1S/C27H50O2/c1-4-6-7-8-9-10-11-12-13-14-15-16-17-18-19-24-27(28)29-25-21-20-23-26(3)22-5-2/h12-13H,3-11,14-25H2,1-2H3/b13-12-. The summed E-state index contributed by atoms with van der Waals surface area (Å²) in [4.78, 5) is 11.7. The van der Waals surface area contributed by atoms with Crippen LogP contribution in [0.25, 0.3) is 0 Å². The van der Waals surface area contributed by atoms with Gasteiger partial charge < -0.3 is 4.74 Å². The van der Waals surface area contributed by atoms with Crippen LogP contribution >= 0.6 is 0 Å². The number of hydrogen-bond donors (Lipinski definition) is 0. The normalized spacial score (nSPS) is 11.2. The molecule has 0 unspecified atom stereocenters. The lowest BCUT2D eigenvalue weighted by molar-refractivity contribution is -0.143. The predicted octanol–water partition coefficient (Wildman–Crippen LogP) is 9.09. The van der Waals surface area contributed by atoms with Gasteiger partial charge in [-0.25, -0.2) is 0 Å². The van der Waals surface area contributed by atoms with Crippen LogP contribution in [0.1, 0.15) is 136 Å². The molecule has 0 radical (unpaired) electrons. The zero-order valence-corrected chi connectivity index (χ0v) is 19.8. The Bertz CT molecular complexity index is 397. The molecule has 0 aromatic rings. The fourth-order valence-electron chi connectivity index (χ4n) is 3.55. The topological polar surface area (TPSA) is 26.3 Å². The SMILES string of the molecule is C=C(CCC)CCCCOC(=O)CCCCCCC/C=C\CCCCCCCC. The largest absolute Gasteiger partial charge is 0.466 e. The van der Waals surface area contributed by atoms with Crippen LogP contribution in [0.15, 0.2) is 24.3 Å². The van der Waals surface area contributed by atoms with Crippen molar-refractivity contribution in [1.82, 2.24) is 0 Å². The highest BCUT2D eigenvalue weighted by Gasteiger charge is 2.02. The van der Waals surface area contributed by atoms with Gasteiger partial charge in [0.1, 0.15) is 0 Å². The minimum absolute atomic E-state index is 0.0185. The molecule has 0 saturated heterocycles. The summed E-state index contributed by atoms with van der Waals surface area (Å²) >= 11 is 0. The maximum absolute atomic E-state index is 11.7. The van der Waals surface area contributed by atoms with Crippen LogP contribution in [0.2, 0.25) is 0 Å². The van der Waals surface area contributed by atoms with Gasteiger partial charge in [-0.3, -0.25) is 4.79 Å². The van der Waals surface area contributed by atoms with Crippen molar-refractivity contribution in [3.63, 3.8) is 0 Å². The highest BCUT2D eigenvalue weighted by molar-refractivity contribution is 5.69. The van der Waals surface area contributed by atoms with Crippen LogP contribution < -0.4 is 0 Å². The first kappa shape index (κ1) is 27.9. The average Bonchev–Trinajstić information content (AvgIpc) is 2.71. The van der Waals surface area contributed by atoms with Gasteiger partial charge in [-0.15, -0.1) is 0 Å². The summed E-state index contributed by atoms with van der Waals surface area (Å²) in [5, 5.41) is 0. The summed E-state index contributed by atoms with van der Waals surface area (Å²) in [5.74, 6) is -0.0185. The molecule has 0 aliphatic carbocycles. The van der Waals surface area contributed by atoms with Gasteiger partial charge in [0.25, 0.3) is 0 Å². The molecule has 0 aromatic heterocycles. The first-order valence-corrected chi connectivity index (χ1v) is 12.7. The summed E-state index contributed by atoms with van der Waals surface area (Å²) in [5.41, 5.74) is 1.33. The van der Waals surface area contributed by atoms with Gasteiger partial charge in [-0.05, 0) is 57.8 Å². The fraction of sp³-hybridized carbons (Fsp3) is 0.815. The molecule has 0 bridgehead atoms. The third kappa shape index (κ3) is 23.1. The van der Waals surface area contributed by atoms with Crippen molar-refractivity contribution in [2.45, 2.75) is 136 Å². The maximum Gasteiger partial charge on any atom is 0.305 e. The second-order valence-corrected chi connectivity index (χ2v) is 8.51. The molecule has 0 heterocycles. The van der Waals surface area contributed by atoms with Gasteiger partial charge in [-0.1, -0.05) is 95.9 Å². The molecule has 0 spiro atoms. The molecule has 0 aromatic carbocycles. The van der Waals surface area contributed by atoms with Crippen molar-refractivity contribution in [3.05, 3.63) is 24.3 Å². The minimum atomic E-state index is -0.0185. The van der Waals surface area contributed by atoms with E-state index in [-0.39, 0.29) is 5.97 Å². The van der Waals surface area contributed by atoms with Crippen LogP contribution in [0.4, 0.5) is 0 Å². The molecule has 29 heavy (non-hydrogen) atoms. The van der Waals surface area contributed by atoms with E-state index in [4.69, 9.17) is 4.74 Å². The lowest BCUT2D eigenvalue weighted by Gasteiger charge is -2.06. The van der Waals surface area contributed by atoms with Crippen LogP contribution in [-0.4, -0.2) is 12.6 Å². The van der Waals surface area contributed by atoms with Gasteiger partial charge in [-0.2, -0.15) is 0 Å². The highest BCUT2D eigenvalue weighted by atomic mass is 16.5. The number of ether oxygens (including phenoxy) is 1. The van der Waals surface area contributed by atoms with Crippen molar-refractivity contribution in [1.29, 1.82) is 0 Å². The predicted molar refractivity (Wildman–Crippen MR) is 128 cm³/mol. The van der Waals surface area contributed by atoms with E-state index in [1.807, 2.05) is 0 Å².